The fourth-order valence-corrected chi connectivity index (χ4v) is 4.35. The summed E-state index contributed by atoms with van der Waals surface area (Å²) in [5, 5.41) is 3.04. The maximum Gasteiger partial charge on any atom is 0.254 e. The average Bonchev–Trinajstić information content (AvgIpc) is 3.29. The van der Waals surface area contributed by atoms with Crippen molar-refractivity contribution in [3.63, 3.8) is 0 Å². The van der Waals surface area contributed by atoms with Gasteiger partial charge in [0.25, 0.3) is 5.91 Å². The quantitative estimate of drug-likeness (QED) is 0.867. The first-order valence-corrected chi connectivity index (χ1v) is 9.67. The molecular formula is C20H25FN2O4. The summed E-state index contributed by atoms with van der Waals surface area (Å²) in [4.78, 5) is 27.3. The predicted octanol–water partition coefficient (Wildman–Crippen LogP) is 1.60. The summed E-state index contributed by atoms with van der Waals surface area (Å²) < 4.78 is 24.6. The predicted molar refractivity (Wildman–Crippen MR) is 95.6 cm³/mol. The second-order valence-corrected chi connectivity index (χ2v) is 7.57. The highest BCUT2D eigenvalue weighted by atomic mass is 19.1. The lowest BCUT2D eigenvalue weighted by atomic mass is 9.98. The van der Waals surface area contributed by atoms with E-state index in [0.717, 1.165) is 26.1 Å². The van der Waals surface area contributed by atoms with Crippen LogP contribution >= 0.6 is 0 Å². The Kier molecular flexibility index (Phi) is 5.41. The summed E-state index contributed by atoms with van der Waals surface area (Å²) in [7, 11) is 0. The number of ether oxygens (including phenoxy) is 2. The molecule has 4 rings (SSSR count). The third-order valence-electron chi connectivity index (χ3n) is 5.87. The molecule has 0 radical (unpaired) electrons. The van der Waals surface area contributed by atoms with Gasteiger partial charge in [-0.2, -0.15) is 0 Å². The molecule has 1 aromatic rings. The molecule has 3 atom stereocenters. The van der Waals surface area contributed by atoms with Crippen molar-refractivity contribution in [1.82, 2.24) is 10.2 Å². The number of fused-ring (bicyclic) bond motifs is 1. The van der Waals surface area contributed by atoms with Crippen LogP contribution in [0, 0.1) is 17.7 Å². The van der Waals surface area contributed by atoms with E-state index in [1.807, 2.05) is 0 Å². The Hall–Kier alpha value is -1.99. The minimum Gasteiger partial charge on any atom is -0.381 e. The molecule has 3 aliphatic rings. The summed E-state index contributed by atoms with van der Waals surface area (Å²) in [5.41, 5.74) is 0.309. The molecule has 0 spiro atoms. The highest BCUT2D eigenvalue weighted by Gasteiger charge is 2.50. The zero-order valence-electron chi connectivity index (χ0n) is 15.2. The van der Waals surface area contributed by atoms with E-state index in [1.165, 1.54) is 18.2 Å². The van der Waals surface area contributed by atoms with Crippen molar-refractivity contribution in [2.75, 3.05) is 32.9 Å². The SMILES string of the molecule is O=C(NCC1CCOCC1)[C@@H]1CN(C(=O)c2cccc(F)c2)[C@H]2CCO[C@@H]12. The van der Waals surface area contributed by atoms with Crippen molar-refractivity contribution in [3.05, 3.63) is 35.6 Å². The van der Waals surface area contributed by atoms with Gasteiger partial charge in [0.15, 0.2) is 0 Å². The Morgan fingerprint density at radius 1 is 1.19 bits per heavy atom. The molecule has 2 amide bonds. The second-order valence-electron chi connectivity index (χ2n) is 7.57. The number of hydrogen-bond acceptors (Lipinski definition) is 4. The molecular weight excluding hydrogens is 351 g/mol. The summed E-state index contributed by atoms with van der Waals surface area (Å²) in [6.45, 7) is 2.96. The van der Waals surface area contributed by atoms with Gasteiger partial charge in [-0.05, 0) is 43.4 Å². The molecule has 0 aliphatic carbocycles. The Morgan fingerprint density at radius 2 is 2.00 bits per heavy atom. The van der Waals surface area contributed by atoms with Crippen molar-refractivity contribution in [1.29, 1.82) is 0 Å². The molecule has 146 valence electrons. The fraction of sp³-hybridized carbons (Fsp3) is 0.600. The monoisotopic (exact) mass is 376 g/mol. The van der Waals surface area contributed by atoms with Gasteiger partial charge in [0, 0.05) is 38.5 Å². The zero-order valence-corrected chi connectivity index (χ0v) is 15.2. The standard InChI is InChI=1S/C20H25FN2O4/c21-15-3-1-2-14(10-15)20(25)23-12-16(18-17(23)6-9-27-18)19(24)22-11-13-4-7-26-8-5-13/h1-3,10,13,16-18H,4-9,11-12H2,(H,22,24)/t16-,17+,18+/m1/s1. The molecule has 3 aliphatic heterocycles. The number of carbonyl (C=O) groups is 2. The molecule has 3 fully saturated rings. The van der Waals surface area contributed by atoms with Crippen LogP contribution in [0.5, 0.6) is 0 Å². The van der Waals surface area contributed by atoms with Gasteiger partial charge in [0.05, 0.1) is 18.1 Å². The molecule has 1 aromatic carbocycles. The Bertz CT molecular complexity index is 707. The van der Waals surface area contributed by atoms with Crippen molar-refractivity contribution in [3.8, 4) is 0 Å². The van der Waals surface area contributed by atoms with Gasteiger partial charge in [-0.15, -0.1) is 0 Å². The number of rotatable bonds is 4. The Morgan fingerprint density at radius 3 is 2.78 bits per heavy atom. The van der Waals surface area contributed by atoms with Crippen molar-refractivity contribution >= 4 is 11.8 Å². The van der Waals surface area contributed by atoms with E-state index in [4.69, 9.17) is 9.47 Å². The Balaban J connectivity index is 1.42. The van der Waals surface area contributed by atoms with E-state index in [2.05, 4.69) is 5.32 Å². The zero-order chi connectivity index (χ0) is 18.8. The number of amides is 2. The topological polar surface area (TPSA) is 67.9 Å². The lowest BCUT2D eigenvalue weighted by Gasteiger charge is -2.23. The summed E-state index contributed by atoms with van der Waals surface area (Å²) in [6.07, 6.45) is 2.34. The van der Waals surface area contributed by atoms with Crippen molar-refractivity contribution in [2.24, 2.45) is 11.8 Å². The van der Waals surface area contributed by atoms with Gasteiger partial charge in [-0.1, -0.05) is 6.07 Å². The first kappa shape index (κ1) is 18.4. The van der Waals surface area contributed by atoms with Gasteiger partial charge >= 0.3 is 0 Å². The molecule has 0 unspecified atom stereocenters. The normalized spacial score (nSPS) is 28.2. The number of hydrogen-bond donors (Lipinski definition) is 1. The molecule has 3 saturated heterocycles. The van der Waals surface area contributed by atoms with Crippen LogP contribution in [0.3, 0.4) is 0 Å². The van der Waals surface area contributed by atoms with Gasteiger partial charge < -0.3 is 19.7 Å². The molecule has 7 heteroatoms. The van der Waals surface area contributed by atoms with Gasteiger partial charge in [-0.3, -0.25) is 9.59 Å². The smallest absolute Gasteiger partial charge is 0.254 e. The number of likely N-dealkylation sites (tertiary alicyclic amines) is 1. The maximum absolute atomic E-state index is 13.5. The lowest BCUT2D eigenvalue weighted by Crippen LogP contribution is -2.40. The van der Waals surface area contributed by atoms with E-state index in [1.54, 1.807) is 11.0 Å². The van der Waals surface area contributed by atoms with Crippen LogP contribution in [0.1, 0.15) is 29.6 Å². The van der Waals surface area contributed by atoms with Gasteiger partial charge in [0.1, 0.15) is 5.82 Å². The van der Waals surface area contributed by atoms with Crippen LogP contribution in [0.25, 0.3) is 0 Å². The summed E-state index contributed by atoms with van der Waals surface area (Å²) in [6, 6.07) is 5.56. The second kappa shape index (κ2) is 7.94. The summed E-state index contributed by atoms with van der Waals surface area (Å²) in [5.74, 6) is -0.683. The van der Waals surface area contributed by atoms with Crippen LogP contribution in [0.2, 0.25) is 0 Å². The van der Waals surface area contributed by atoms with Crippen molar-refractivity contribution < 1.29 is 23.5 Å². The Labute approximate surface area is 158 Å². The molecule has 0 saturated carbocycles. The fourth-order valence-electron chi connectivity index (χ4n) is 4.35. The third kappa shape index (κ3) is 3.84. The van der Waals surface area contributed by atoms with Crippen molar-refractivity contribution in [2.45, 2.75) is 31.4 Å². The molecule has 0 aromatic heterocycles. The van der Waals surface area contributed by atoms with Crippen LogP contribution < -0.4 is 5.32 Å². The number of benzene rings is 1. The summed E-state index contributed by atoms with van der Waals surface area (Å²) >= 11 is 0. The van der Waals surface area contributed by atoms with Crippen LogP contribution in [0.4, 0.5) is 4.39 Å². The molecule has 27 heavy (non-hydrogen) atoms. The first-order chi connectivity index (χ1) is 13.1. The molecule has 6 nitrogen and oxygen atoms in total. The van der Waals surface area contributed by atoms with Gasteiger partial charge in [0.2, 0.25) is 5.91 Å². The molecule has 1 N–H and O–H groups in total. The van der Waals surface area contributed by atoms with Crippen LogP contribution in [-0.4, -0.2) is 61.8 Å². The van der Waals surface area contributed by atoms with Gasteiger partial charge in [-0.25, -0.2) is 4.39 Å². The maximum atomic E-state index is 13.5. The molecule has 3 heterocycles. The van der Waals surface area contributed by atoms with E-state index in [0.29, 0.717) is 37.6 Å². The minimum atomic E-state index is -0.440. The van der Waals surface area contributed by atoms with E-state index >= 15 is 0 Å². The number of carbonyl (C=O) groups excluding carboxylic acids is 2. The minimum absolute atomic E-state index is 0.0621. The highest BCUT2D eigenvalue weighted by Crippen LogP contribution is 2.34. The largest absolute Gasteiger partial charge is 0.381 e. The van der Waals surface area contributed by atoms with E-state index in [-0.39, 0.29) is 29.9 Å². The lowest BCUT2D eigenvalue weighted by molar-refractivity contribution is -0.128. The van der Waals surface area contributed by atoms with E-state index < -0.39 is 5.82 Å². The molecule has 0 bridgehead atoms. The average molecular weight is 376 g/mol. The van der Waals surface area contributed by atoms with Crippen LogP contribution in [0.15, 0.2) is 24.3 Å². The van der Waals surface area contributed by atoms with Crippen LogP contribution in [-0.2, 0) is 14.3 Å². The number of nitrogens with zero attached hydrogens (tertiary/aromatic N) is 1. The highest BCUT2D eigenvalue weighted by molar-refractivity contribution is 5.95. The number of halogens is 1. The number of nitrogens with one attached hydrogen (secondary N) is 1. The third-order valence-corrected chi connectivity index (χ3v) is 5.87. The van der Waals surface area contributed by atoms with E-state index in [9.17, 15) is 14.0 Å². The first-order valence-electron chi connectivity index (χ1n) is 9.67.